The van der Waals surface area contributed by atoms with Gasteiger partial charge in [-0.1, -0.05) is 35.5 Å². The zero-order valence-corrected chi connectivity index (χ0v) is 11.5. The molecule has 3 N–H and O–H groups in total. The number of carboxylic acid groups (broad SMARTS) is 1. The Morgan fingerprint density at radius 2 is 1.95 bits per heavy atom. The average molecular weight is 305 g/mol. The van der Waals surface area contributed by atoms with Crippen molar-refractivity contribution in [3.63, 3.8) is 0 Å². The summed E-state index contributed by atoms with van der Waals surface area (Å²) in [6, 6.07) is 8.56. The molecule has 0 radical (unpaired) electrons. The Bertz CT molecular complexity index is 518. The van der Waals surface area contributed by atoms with Gasteiger partial charge in [-0.15, -0.1) is 29.9 Å². The summed E-state index contributed by atoms with van der Waals surface area (Å²) in [5.41, 5.74) is 7.04. The van der Waals surface area contributed by atoms with Crippen LogP contribution in [0.2, 0.25) is 0 Å². The molecule has 1 unspecified atom stereocenters. The van der Waals surface area contributed by atoms with Gasteiger partial charge < -0.3 is 10.8 Å². The number of rotatable bonds is 4. The van der Waals surface area contributed by atoms with Gasteiger partial charge in [-0.2, -0.15) is 0 Å². The zero-order valence-electron chi connectivity index (χ0n) is 9.84. The number of benzene rings is 1. The molecule has 1 aromatic heterocycles. The lowest BCUT2D eigenvalue weighted by atomic mass is 10.2. The van der Waals surface area contributed by atoms with E-state index in [-0.39, 0.29) is 31.4 Å². The Labute approximate surface area is 122 Å². The first kappa shape index (κ1) is 17.4. The molecule has 2 aromatic rings. The van der Waals surface area contributed by atoms with E-state index in [2.05, 4.69) is 10.3 Å². The first-order valence-corrected chi connectivity index (χ1v) is 5.11. The Kier molecular flexibility index (Phi) is 7.06. The first-order chi connectivity index (χ1) is 8.16. The van der Waals surface area contributed by atoms with Crippen molar-refractivity contribution in [3.8, 4) is 11.3 Å². The summed E-state index contributed by atoms with van der Waals surface area (Å²) in [6.07, 6.45) is 1.68. The molecule has 0 bridgehead atoms. The van der Waals surface area contributed by atoms with Crippen molar-refractivity contribution >= 4 is 30.8 Å². The third-order valence-corrected chi connectivity index (χ3v) is 2.31. The minimum absolute atomic E-state index is 0. The van der Waals surface area contributed by atoms with Crippen LogP contribution in [0.1, 0.15) is 0 Å². The number of carbonyl (C=O) groups is 1. The highest BCUT2D eigenvalue weighted by Crippen LogP contribution is 2.14. The van der Waals surface area contributed by atoms with Crippen molar-refractivity contribution in [2.45, 2.75) is 12.6 Å². The number of aliphatic carboxylic acids is 1. The Morgan fingerprint density at radius 1 is 1.32 bits per heavy atom. The third-order valence-electron chi connectivity index (χ3n) is 2.31. The summed E-state index contributed by atoms with van der Waals surface area (Å²) in [4.78, 5) is 10.6. The summed E-state index contributed by atoms with van der Waals surface area (Å²) in [5, 5.41) is 16.5. The van der Waals surface area contributed by atoms with Gasteiger partial charge in [0.25, 0.3) is 0 Å². The van der Waals surface area contributed by atoms with Gasteiger partial charge in [-0.25, -0.2) is 4.68 Å². The molecule has 0 spiro atoms. The molecule has 1 aromatic carbocycles. The summed E-state index contributed by atoms with van der Waals surface area (Å²) >= 11 is 0. The highest BCUT2D eigenvalue weighted by molar-refractivity contribution is 5.85. The normalized spacial score (nSPS) is 11.0. The number of nitrogens with two attached hydrogens (primary N) is 1. The monoisotopic (exact) mass is 304 g/mol. The summed E-state index contributed by atoms with van der Waals surface area (Å²) in [6.45, 7) is 0.106. The molecule has 1 atom stereocenters. The molecule has 0 amide bonds. The lowest BCUT2D eigenvalue weighted by Gasteiger charge is -2.04. The summed E-state index contributed by atoms with van der Waals surface area (Å²) in [5.74, 6) is -1.05. The minimum atomic E-state index is -1.05. The van der Waals surface area contributed by atoms with Crippen LogP contribution in [0.4, 0.5) is 0 Å². The molecule has 0 aliphatic rings. The molecular weight excluding hydrogens is 291 g/mol. The smallest absolute Gasteiger partial charge is 0.322 e. The van der Waals surface area contributed by atoms with E-state index in [0.717, 1.165) is 5.56 Å². The second-order valence-corrected chi connectivity index (χ2v) is 3.64. The zero-order chi connectivity index (χ0) is 12.3. The molecule has 0 saturated heterocycles. The van der Waals surface area contributed by atoms with Crippen molar-refractivity contribution in [1.82, 2.24) is 15.0 Å². The van der Waals surface area contributed by atoms with E-state index in [1.165, 1.54) is 4.68 Å². The van der Waals surface area contributed by atoms with Gasteiger partial charge in [-0.3, -0.25) is 4.79 Å². The van der Waals surface area contributed by atoms with E-state index in [1.54, 1.807) is 6.20 Å². The van der Waals surface area contributed by atoms with Gasteiger partial charge in [-0.05, 0) is 0 Å². The maximum Gasteiger partial charge on any atom is 0.322 e. The van der Waals surface area contributed by atoms with Gasteiger partial charge in [0.15, 0.2) is 0 Å². The number of hydrogen-bond acceptors (Lipinski definition) is 4. The van der Waals surface area contributed by atoms with Gasteiger partial charge in [0.2, 0.25) is 0 Å². The van der Waals surface area contributed by atoms with E-state index in [1.807, 2.05) is 30.3 Å². The molecule has 6 nitrogen and oxygen atoms in total. The van der Waals surface area contributed by atoms with Crippen LogP contribution in [0.15, 0.2) is 36.5 Å². The Morgan fingerprint density at radius 3 is 2.53 bits per heavy atom. The second kappa shape index (κ2) is 7.73. The Balaban J connectivity index is 0.00000162. The maximum atomic E-state index is 10.6. The van der Waals surface area contributed by atoms with Crippen LogP contribution in [0.25, 0.3) is 11.3 Å². The summed E-state index contributed by atoms with van der Waals surface area (Å²) < 4.78 is 1.43. The van der Waals surface area contributed by atoms with Crippen LogP contribution in [-0.4, -0.2) is 32.1 Å². The predicted octanol–water partition coefficient (Wildman–Crippen LogP) is 1.20. The highest BCUT2D eigenvalue weighted by Gasteiger charge is 2.13. The molecular formula is C11H14Cl2N4O2. The van der Waals surface area contributed by atoms with Gasteiger partial charge >= 0.3 is 5.97 Å². The van der Waals surface area contributed by atoms with E-state index in [4.69, 9.17) is 10.8 Å². The van der Waals surface area contributed by atoms with E-state index in [0.29, 0.717) is 5.69 Å². The minimum Gasteiger partial charge on any atom is -0.480 e. The number of carboxylic acids is 1. The molecule has 1 heterocycles. The van der Waals surface area contributed by atoms with Crippen molar-refractivity contribution in [2.24, 2.45) is 5.73 Å². The molecule has 0 aliphatic carbocycles. The SMILES string of the molecule is Cl.Cl.NC(Cn1cc(-c2ccccc2)nn1)C(=O)O. The average Bonchev–Trinajstić information content (AvgIpc) is 2.78. The first-order valence-electron chi connectivity index (χ1n) is 5.11. The lowest BCUT2D eigenvalue weighted by Crippen LogP contribution is -2.34. The fourth-order valence-corrected chi connectivity index (χ4v) is 1.41. The highest BCUT2D eigenvalue weighted by atomic mass is 35.5. The van der Waals surface area contributed by atoms with Crippen molar-refractivity contribution < 1.29 is 9.90 Å². The van der Waals surface area contributed by atoms with Crippen LogP contribution in [-0.2, 0) is 11.3 Å². The van der Waals surface area contributed by atoms with Crippen LogP contribution in [0.3, 0.4) is 0 Å². The van der Waals surface area contributed by atoms with E-state index >= 15 is 0 Å². The largest absolute Gasteiger partial charge is 0.480 e. The fourth-order valence-electron chi connectivity index (χ4n) is 1.41. The van der Waals surface area contributed by atoms with Crippen LogP contribution >= 0.6 is 24.8 Å². The lowest BCUT2D eigenvalue weighted by molar-refractivity contribution is -0.138. The number of hydrogen-bond donors (Lipinski definition) is 2. The molecule has 0 aliphatic heterocycles. The Hall–Kier alpha value is -1.63. The van der Waals surface area contributed by atoms with Crippen molar-refractivity contribution in [2.75, 3.05) is 0 Å². The molecule has 8 heteroatoms. The second-order valence-electron chi connectivity index (χ2n) is 3.64. The standard InChI is InChI=1S/C11H12N4O2.2ClH/c12-9(11(16)17)6-15-7-10(13-14-15)8-4-2-1-3-5-8;;/h1-5,7,9H,6,12H2,(H,16,17);2*1H. The maximum absolute atomic E-state index is 10.6. The molecule has 0 saturated carbocycles. The molecule has 0 fully saturated rings. The van der Waals surface area contributed by atoms with Crippen LogP contribution in [0, 0.1) is 0 Å². The molecule has 2 rings (SSSR count). The fraction of sp³-hybridized carbons (Fsp3) is 0.182. The van der Waals surface area contributed by atoms with E-state index < -0.39 is 12.0 Å². The van der Waals surface area contributed by atoms with E-state index in [9.17, 15) is 4.79 Å². The van der Waals surface area contributed by atoms with Crippen LogP contribution < -0.4 is 5.73 Å². The van der Waals surface area contributed by atoms with Crippen molar-refractivity contribution in [1.29, 1.82) is 0 Å². The van der Waals surface area contributed by atoms with Crippen LogP contribution in [0.5, 0.6) is 0 Å². The number of halogens is 2. The number of nitrogens with zero attached hydrogens (tertiary/aromatic N) is 3. The molecule has 19 heavy (non-hydrogen) atoms. The van der Waals surface area contributed by atoms with Gasteiger partial charge in [0.1, 0.15) is 11.7 Å². The quantitative estimate of drug-likeness (QED) is 0.885. The predicted molar refractivity (Wildman–Crippen MR) is 75.6 cm³/mol. The summed E-state index contributed by atoms with van der Waals surface area (Å²) in [7, 11) is 0. The van der Waals surface area contributed by atoms with Gasteiger partial charge in [0, 0.05) is 5.56 Å². The third kappa shape index (κ3) is 4.51. The molecule has 104 valence electrons. The van der Waals surface area contributed by atoms with Gasteiger partial charge in [0.05, 0.1) is 12.7 Å². The van der Waals surface area contributed by atoms with Crippen molar-refractivity contribution in [3.05, 3.63) is 36.5 Å². The number of aromatic nitrogens is 3. The topological polar surface area (TPSA) is 94.0 Å².